The van der Waals surface area contributed by atoms with Crippen LogP contribution < -0.4 is 29.6 Å². The minimum absolute atomic E-state index is 0. The predicted molar refractivity (Wildman–Crippen MR) is 107 cm³/mol. The van der Waals surface area contributed by atoms with Crippen LogP contribution in [0.2, 0.25) is 0 Å². The molecular formula is C20H39NaO5S. The maximum absolute atomic E-state index is 11.4. The van der Waals surface area contributed by atoms with Crippen LogP contribution in [0.5, 0.6) is 0 Å². The van der Waals surface area contributed by atoms with Crippen LogP contribution in [0.25, 0.3) is 0 Å². The maximum Gasteiger partial charge on any atom is 1.00 e. The van der Waals surface area contributed by atoms with Gasteiger partial charge < -0.3 is 5.61 Å². The van der Waals surface area contributed by atoms with Crippen LogP contribution in [0, 0.1) is 0 Å². The third-order valence-corrected chi connectivity index (χ3v) is 5.01. The Morgan fingerprint density at radius 1 is 0.815 bits per heavy atom. The van der Waals surface area contributed by atoms with Gasteiger partial charge in [-0.05, 0) is 39.0 Å². The molecule has 0 heterocycles. The summed E-state index contributed by atoms with van der Waals surface area (Å²) in [5.74, 6) is -0.740. The third kappa shape index (κ3) is 22.3. The number of hydrogen-bond donors (Lipinski definition) is 0. The number of allylic oxidation sites excluding steroid dienone is 2. The van der Waals surface area contributed by atoms with Crippen molar-refractivity contribution in [3.8, 4) is 0 Å². The summed E-state index contributed by atoms with van der Waals surface area (Å²) in [5, 5.41) is 0. The Hall–Kier alpha value is 0.120. The fourth-order valence-corrected chi connectivity index (χ4v) is 3.31. The van der Waals surface area contributed by atoms with E-state index in [1.165, 1.54) is 51.9 Å². The summed E-state index contributed by atoms with van der Waals surface area (Å²) in [4.78, 5) is 11.4. The molecule has 0 fully saturated rings. The molecule has 0 saturated heterocycles. The first-order valence-electron chi connectivity index (χ1n) is 10.3. The molecule has 0 saturated carbocycles. The molecule has 0 aliphatic carbocycles. The van der Waals surface area contributed by atoms with Crippen LogP contribution in [0.4, 0.5) is 0 Å². The Kier molecular flexibility index (Phi) is 22.6. The average Bonchev–Trinajstić information content (AvgIpc) is 2.57. The Labute approximate surface area is 190 Å². The molecule has 156 valence electrons. The molecule has 0 spiro atoms. The van der Waals surface area contributed by atoms with Crippen LogP contribution in [0.3, 0.4) is 0 Å². The van der Waals surface area contributed by atoms with E-state index in [2.05, 4.69) is 27.4 Å². The fraction of sp³-hybridized carbons (Fsp3) is 0.850. The van der Waals surface area contributed by atoms with Crippen LogP contribution in [0.1, 0.15) is 105 Å². The van der Waals surface area contributed by atoms with E-state index < -0.39 is 16.4 Å². The minimum atomic E-state index is -4.16. The van der Waals surface area contributed by atoms with E-state index in [0.29, 0.717) is 6.42 Å². The van der Waals surface area contributed by atoms with E-state index in [1.54, 1.807) is 0 Å². The van der Waals surface area contributed by atoms with E-state index >= 15 is 0 Å². The van der Waals surface area contributed by atoms with E-state index in [4.69, 9.17) is 0 Å². The van der Waals surface area contributed by atoms with Gasteiger partial charge in [-0.25, -0.2) is 4.18 Å². The molecule has 0 aromatic rings. The van der Waals surface area contributed by atoms with Crippen molar-refractivity contribution >= 4 is 16.4 Å². The second-order valence-electron chi connectivity index (χ2n) is 6.60. The molecule has 0 rings (SSSR count). The first kappa shape index (κ1) is 29.3. The third-order valence-electron chi connectivity index (χ3n) is 4.10. The quantitative estimate of drug-likeness (QED) is 0.196. The number of hydrogen-bond acceptors (Lipinski definition) is 5. The Bertz CT molecular complexity index is 469. The number of rotatable bonds is 18. The molecule has 0 bridgehead atoms. The van der Waals surface area contributed by atoms with Gasteiger partial charge in [-0.15, -0.1) is 0 Å². The summed E-state index contributed by atoms with van der Waals surface area (Å²) in [6, 6.07) is 0. The SMILES string of the molecule is CCCCCCCC/C=C\CCCCCCCC(=O)OS(=O)(=O)OCC.[H-].[Na+]. The van der Waals surface area contributed by atoms with Crippen molar-refractivity contribution in [3.05, 3.63) is 12.2 Å². The fourth-order valence-electron chi connectivity index (χ4n) is 2.66. The van der Waals surface area contributed by atoms with Crippen LogP contribution in [0.15, 0.2) is 12.2 Å². The zero-order chi connectivity index (χ0) is 19.5. The molecule has 0 radical (unpaired) electrons. The summed E-state index contributed by atoms with van der Waals surface area (Å²) in [7, 11) is -4.16. The topological polar surface area (TPSA) is 69.7 Å². The van der Waals surface area contributed by atoms with Crippen molar-refractivity contribution in [1.82, 2.24) is 0 Å². The Morgan fingerprint density at radius 3 is 1.81 bits per heavy atom. The number of carbonyl (C=O) groups is 1. The van der Waals surface area contributed by atoms with Crippen LogP contribution >= 0.6 is 0 Å². The van der Waals surface area contributed by atoms with Gasteiger partial charge >= 0.3 is 45.9 Å². The standard InChI is InChI=1S/C20H38O5S.Na.H/c1-3-5-6-7-8-9-10-11-12-13-14-15-16-17-18-19-20(21)25-26(22,23)24-4-2;;/h11-12H,3-10,13-19H2,1-2H3;;/q;+1;-1/b12-11-;;. The van der Waals surface area contributed by atoms with Crippen molar-refractivity contribution in [2.75, 3.05) is 6.61 Å². The molecule has 27 heavy (non-hydrogen) atoms. The van der Waals surface area contributed by atoms with Gasteiger partial charge in [0.05, 0.1) is 6.61 Å². The van der Waals surface area contributed by atoms with Gasteiger partial charge in [0.2, 0.25) is 0 Å². The van der Waals surface area contributed by atoms with Gasteiger partial charge in [0.1, 0.15) is 0 Å². The first-order valence-corrected chi connectivity index (χ1v) is 11.6. The maximum atomic E-state index is 11.4. The van der Waals surface area contributed by atoms with Gasteiger partial charge in [-0.3, -0.25) is 4.79 Å². The molecule has 0 aromatic carbocycles. The van der Waals surface area contributed by atoms with Crippen molar-refractivity contribution in [3.63, 3.8) is 0 Å². The predicted octanol–water partition coefficient (Wildman–Crippen LogP) is 2.96. The molecule has 0 unspecified atom stereocenters. The molecule has 7 heteroatoms. The Balaban J connectivity index is -0.00000312. The molecule has 0 aliphatic rings. The summed E-state index contributed by atoms with van der Waals surface area (Å²) >= 11 is 0. The molecule has 0 aromatic heterocycles. The molecule has 0 amide bonds. The molecule has 0 aliphatic heterocycles. The summed E-state index contributed by atoms with van der Waals surface area (Å²) in [6.07, 6.45) is 20.0. The Morgan fingerprint density at radius 2 is 1.30 bits per heavy atom. The molecule has 0 N–H and O–H groups in total. The monoisotopic (exact) mass is 414 g/mol. The number of unbranched alkanes of at least 4 members (excludes halogenated alkanes) is 11. The summed E-state index contributed by atoms with van der Waals surface area (Å²) < 4.78 is 30.9. The van der Waals surface area contributed by atoms with Gasteiger partial charge in [-0.1, -0.05) is 70.4 Å². The summed E-state index contributed by atoms with van der Waals surface area (Å²) in [6.45, 7) is 3.73. The average molecular weight is 415 g/mol. The van der Waals surface area contributed by atoms with E-state index in [0.717, 1.165) is 32.1 Å². The van der Waals surface area contributed by atoms with Crippen LogP contribution in [-0.2, 0) is 23.6 Å². The van der Waals surface area contributed by atoms with E-state index in [1.807, 2.05) is 0 Å². The van der Waals surface area contributed by atoms with E-state index in [9.17, 15) is 13.2 Å². The smallest absolute Gasteiger partial charge is 1.00 e. The second kappa shape index (κ2) is 20.8. The van der Waals surface area contributed by atoms with Crippen molar-refractivity contribution in [1.29, 1.82) is 0 Å². The van der Waals surface area contributed by atoms with Crippen molar-refractivity contribution in [2.24, 2.45) is 0 Å². The number of carbonyl (C=O) groups excluding carboxylic acids is 1. The minimum Gasteiger partial charge on any atom is -1.00 e. The first-order chi connectivity index (χ1) is 12.5. The van der Waals surface area contributed by atoms with Gasteiger partial charge in [0.15, 0.2) is 0 Å². The zero-order valence-corrected chi connectivity index (χ0v) is 20.5. The molecule has 5 nitrogen and oxygen atoms in total. The van der Waals surface area contributed by atoms with E-state index in [-0.39, 0.29) is 44.0 Å². The largest absolute Gasteiger partial charge is 1.00 e. The van der Waals surface area contributed by atoms with Crippen molar-refractivity contribution < 1.29 is 52.6 Å². The molecule has 0 atom stereocenters. The van der Waals surface area contributed by atoms with Gasteiger partial charge in [0, 0.05) is 6.42 Å². The van der Waals surface area contributed by atoms with Crippen LogP contribution in [-0.4, -0.2) is 21.0 Å². The second-order valence-corrected chi connectivity index (χ2v) is 7.82. The van der Waals surface area contributed by atoms with Gasteiger partial charge in [0.25, 0.3) is 0 Å². The molecular weight excluding hydrogens is 375 g/mol. The zero-order valence-electron chi connectivity index (χ0n) is 18.7. The van der Waals surface area contributed by atoms with Crippen molar-refractivity contribution in [2.45, 2.75) is 104 Å². The normalized spacial score (nSPS) is 11.5. The summed E-state index contributed by atoms with van der Waals surface area (Å²) in [5.41, 5.74) is 0. The van der Waals surface area contributed by atoms with Gasteiger partial charge in [-0.2, -0.15) is 8.42 Å².